The average molecular weight is 317 g/mol. The van der Waals surface area contributed by atoms with Crippen molar-refractivity contribution in [2.45, 2.75) is 13.5 Å². The van der Waals surface area contributed by atoms with E-state index in [-0.39, 0.29) is 5.97 Å². The van der Waals surface area contributed by atoms with Crippen molar-refractivity contribution in [2.24, 2.45) is 0 Å². The fourth-order valence-electron chi connectivity index (χ4n) is 1.48. The SMILES string of the molecule is CCOC(=O)c1csc(N(C)Cc2ccc(Cl)s2)n1. The van der Waals surface area contributed by atoms with Crippen molar-refractivity contribution in [1.29, 1.82) is 0 Å². The number of esters is 1. The predicted octanol–water partition coefficient (Wildman–Crippen LogP) is 3.67. The van der Waals surface area contributed by atoms with Crippen LogP contribution < -0.4 is 4.90 Å². The Bertz CT molecular complexity index is 568. The highest BCUT2D eigenvalue weighted by Gasteiger charge is 2.14. The zero-order valence-electron chi connectivity index (χ0n) is 10.6. The van der Waals surface area contributed by atoms with Crippen LogP contribution in [0.25, 0.3) is 0 Å². The molecule has 0 atom stereocenters. The Kier molecular flexibility index (Phi) is 4.79. The predicted molar refractivity (Wildman–Crippen MR) is 79.5 cm³/mol. The smallest absolute Gasteiger partial charge is 0.357 e. The molecule has 2 aromatic heterocycles. The Morgan fingerprint density at radius 3 is 2.95 bits per heavy atom. The first kappa shape index (κ1) is 14.3. The highest BCUT2D eigenvalue weighted by Crippen LogP contribution is 2.26. The van der Waals surface area contributed by atoms with Gasteiger partial charge in [-0.15, -0.1) is 22.7 Å². The van der Waals surface area contributed by atoms with E-state index >= 15 is 0 Å². The number of carbonyl (C=O) groups is 1. The van der Waals surface area contributed by atoms with Crippen LogP contribution in [0.5, 0.6) is 0 Å². The highest BCUT2D eigenvalue weighted by atomic mass is 35.5. The monoisotopic (exact) mass is 316 g/mol. The number of rotatable bonds is 5. The second-order valence-electron chi connectivity index (χ2n) is 3.80. The van der Waals surface area contributed by atoms with Crippen LogP contribution in [0.2, 0.25) is 4.34 Å². The topological polar surface area (TPSA) is 42.4 Å². The van der Waals surface area contributed by atoms with Crippen LogP contribution in [-0.2, 0) is 11.3 Å². The third kappa shape index (κ3) is 3.68. The molecule has 0 unspecified atom stereocenters. The first-order valence-corrected chi connectivity index (χ1v) is 7.75. The Morgan fingerprint density at radius 2 is 2.32 bits per heavy atom. The first-order chi connectivity index (χ1) is 9.10. The molecule has 2 rings (SSSR count). The van der Waals surface area contributed by atoms with Crippen molar-refractivity contribution in [3.63, 3.8) is 0 Å². The molecule has 0 aliphatic heterocycles. The lowest BCUT2D eigenvalue weighted by Gasteiger charge is -2.13. The van der Waals surface area contributed by atoms with Crippen LogP contribution in [0.15, 0.2) is 17.5 Å². The minimum Gasteiger partial charge on any atom is -0.461 e. The molecule has 2 heterocycles. The molecule has 102 valence electrons. The van der Waals surface area contributed by atoms with Crippen molar-refractivity contribution in [1.82, 2.24) is 4.98 Å². The third-order valence-electron chi connectivity index (χ3n) is 2.33. The molecule has 0 aliphatic rings. The van der Waals surface area contributed by atoms with Gasteiger partial charge in [0.2, 0.25) is 0 Å². The second kappa shape index (κ2) is 6.36. The maximum atomic E-state index is 11.5. The molecule has 0 radical (unpaired) electrons. The highest BCUT2D eigenvalue weighted by molar-refractivity contribution is 7.16. The summed E-state index contributed by atoms with van der Waals surface area (Å²) in [5.74, 6) is -0.377. The first-order valence-electron chi connectivity index (χ1n) is 5.68. The zero-order chi connectivity index (χ0) is 13.8. The number of nitrogens with zero attached hydrogens (tertiary/aromatic N) is 2. The summed E-state index contributed by atoms with van der Waals surface area (Å²) in [6.45, 7) is 2.85. The van der Waals surface area contributed by atoms with Gasteiger partial charge in [-0.1, -0.05) is 11.6 Å². The van der Waals surface area contributed by atoms with Crippen LogP contribution in [-0.4, -0.2) is 24.6 Å². The summed E-state index contributed by atoms with van der Waals surface area (Å²) in [5.41, 5.74) is 0.359. The maximum absolute atomic E-state index is 11.5. The van der Waals surface area contributed by atoms with E-state index in [0.717, 1.165) is 14.3 Å². The van der Waals surface area contributed by atoms with Gasteiger partial charge in [-0.2, -0.15) is 0 Å². The average Bonchev–Trinajstić information content (AvgIpc) is 2.98. The fraction of sp³-hybridized carbons (Fsp3) is 0.333. The fourth-order valence-corrected chi connectivity index (χ4v) is 3.38. The van der Waals surface area contributed by atoms with Gasteiger partial charge in [0.05, 0.1) is 17.5 Å². The van der Waals surface area contributed by atoms with Gasteiger partial charge >= 0.3 is 5.97 Å². The zero-order valence-corrected chi connectivity index (χ0v) is 12.9. The molecule has 0 aromatic carbocycles. The third-order valence-corrected chi connectivity index (χ3v) is 4.50. The molecular weight excluding hydrogens is 304 g/mol. The molecular formula is C12H13ClN2O2S2. The van der Waals surface area contributed by atoms with E-state index in [4.69, 9.17) is 16.3 Å². The van der Waals surface area contributed by atoms with Crippen LogP contribution in [0.4, 0.5) is 5.13 Å². The van der Waals surface area contributed by atoms with E-state index in [2.05, 4.69) is 4.98 Å². The van der Waals surface area contributed by atoms with E-state index in [0.29, 0.717) is 18.8 Å². The van der Waals surface area contributed by atoms with Crippen molar-refractivity contribution < 1.29 is 9.53 Å². The number of halogens is 1. The van der Waals surface area contributed by atoms with Gasteiger partial charge in [0.25, 0.3) is 0 Å². The van der Waals surface area contributed by atoms with Crippen LogP contribution in [0.1, 0.15) is 22.3 Å². The Hall–Kier alpha value is -1.11. The van der Waals surface area contributed by atoms with Crippen molar-refractivity contribution >= 4 is 45.4 Å². The number of thiazole rings is 1. The van der Waals surface area contributed by atoms with Gasteiger partial charge < -0.3 is 9.64 Å². The summed E-state index contributed by atoms with van der Waals surface area (Å²) >= 11 is 8.86. The summed E-state index contributed by atoms with van der Waals surface area (Å²) < 4.78 is 5.69. The number of hydrogen-bond donors (Lipinski definition) is 0. The van der Waals surface area contributed by atoms with Gasteiger partial charge in [-0.3, -0.25) is 0 Å². The minimum absolute atomic E-state index is 0.356. The summed E-state index contributed by atoms with van der Waals surface area (Å²) in [7, 11) is 1.93. The molecule has 4 nitrogen and oxygen atoms in total. The van der Waals surface area contributed by atoms with E-state index in [1.807, 2.05) is 24.1 Å². The molecule has 0 fully saturated rings. The largest absolute Gasteiger partial charge is 0.461 e. The van der Waals surface area contributed by atoms with E-state index in [1.165, 1.54) is 11.3 Å². The molecule has 0 amide bonds. The Labute approximate surface area is 124 Å². The summed E-state index contributed by atoms with van der Waals surface area (Å²) in [4.78, 5) is 18.9. The molecule has 0 bridgehead atoms. The van der Waals surface area contributed by atoms with Gasteiger partial charge in [-0.05, 0) is 19.1 Å². The molecule has 0 saturated carbocycles. The number of carbonyl (C=O) groups excluding carboxylic acids is 1. The normalized spacial score (nSPS) is 10.5. The Balaban J connectivity index is 2.03. The van der Waals surface area contributed by atoms with Crippen LogP contribution in [0.3, 0.4) is 0 Å². The number of ether oxygens (including phenoxy) is 1. The number of thiophene rings is 1. The standard InChI is InChI=1S/C12H13ClN2O2S2/c1-3-17-11(16)9-7-18-12(14-9)15(2)6-8-4-5-10(13)19-8/h4-5,7H,3,6H2,1-2H3. The molecule has 0 spiro atoms. The molecule has 0 aliphatic carbocycles. The minimum atomic E-state index is -0.377. The van der Waals surface area contributed by atoms with Gasteiger partial charge in [0, 0.05) is 17.3 Å². The lowest BCUT2D eigenvalue weighted by Crippen LogP contribution is -2.15. The lowest BCUT2D eigenvalue weighted by atomic mass is 10.4. The maximum Gasteiger partial charge on any atom is 0.357 e. The van der Waals surface area contributed by atoms with Crippen LogP contribution in [0, 0.1) is 0 Å². The van der Waals surface area contributed by atoms with E-state index in [1.54, 1.807) is 23.6 Å². The summed E-state index contributed by atoms with van der Waals surface area (Å²) in [5, 5.41) is 2.50. The quantitative estimate of drug-likeness (QED) is 0.789. The molecule has 0 saturated heterocycles. The number of aromatic nitrogens is 1. The number of anilines is 1. The van der Waals surface area contributed by atoms with Crippen LogP contribution >= 0.6 is 34.3 Å². The summed E-state index contributed by atoms with van der Waals surface area (Å²) in [6, 6.07) is 3.87. The van der Waals surface area contributed by atoms with Crippen molar-refractivity contribution in [2.75, 3.05) is 18.6 Å². The van der Waals surface area contributed by atoms with Gasteiger partial charge in [-0.25, -0.2) is 9.78 Å². The Morgan fingerprint density at radius 1 is 1.53 bits per heavy atom. The van der Waals surface area contributed by atoms with Gasteiger partial charge in [0.1, 0.15) is 0 Å². The lowest BCUT2D eigenvalue weighted by molar-refractivity contribution is 0.0520. The summed E-state index contributed by atoms with van der Waals surface area (Å²) in [6.07, 6.45) is 0. The van der Waals surface area contributed by atoms with Crippen molar-refractivity contribution in [3.05, 3.63) is 32.4 Å². The van der Waals surface area contributed by atoms with Gasteiger partial charge in [0.15, 0.2) is 10.8 Å². The molecule has 19 heavy (non-hydrogen) atoms. The van der Waals surface area contributed by atoms with E-state index in [9.17, 15) is 4.79 Å². The molecule has 2 aromatic rings. The van der Waals surface area contributed by atoms with E-state index < -0.39 is 0 Å². The molecule has 0 N–H and O–H groups in total. The van der Waals surface area contributed by atoms with Crippen molar-refractivity contribution in [3.8, 4) is 0 Å². The number of hydrogen-bond acceptors (Lipinski definition) is 6. The second-order valence-corrected chi connectivity index (χ2v) is 6.43. The molecule has 7 heteroatoms.